The minimum atomic E-state index is 0.0789. The van der Waals surface area contributed by atoms with E-state index >= 15 is 0 Å². The van der Waals surface area contributed by atoms with Crippen molar-refractivity contribution in [3.63, 3.8) is 0 Å². The Kier molecular flexibility index (Phi) is 8.34. The van der Waals surface area contributed by atoms with Crippen LogP contribution >= 0.6 is 0 Å². The van der Waals surface area contributed by atoms with E-state index in [0.29, 0.717) is 26.4 Å². The summed E-state index contributed by atoms with van der Waals surface area (Å²) >= 11 is 0. The third kappa shape index (κ3) is 5.99. The van der Waals surface area contributed by atoms with E-state index in [9.17, 15) is 0 Å². The number of aryl methyl sites for hydroxylation is 1. The van der Waals surface area contributed by atoms with Crippen molar-refractivity contribution in [1.82, 2.24) is 0 Å². The first kappa shape index (κ1) is 24.2. The van der Waals surface area contributed by atoms with Crippen molar-refractivity contribution in [3.8, 4) is 11.5 Å². The van der Waals surface area contributed by atoms with Crippen molar-refractivity contribution in [1.29, 1.82) is 0 Å². The molecule has 0 spiro atoms. The number of hydrogen-bond donors (Lipinski definition) is 0. The Balaban J connectivity index is 2.00. The number of benzene rings is 2. The summed E-state index contributed by atoms with van der Waals surface area (Å²) in [7, 11) is 3.38. The summed E-state index contributed by atoms with van der Waals surface area (Å²) < 4.78 is 22.7. The highest BCUT2D eigenvalue weighted by Gasteiger charge is 2.34. The summed E-state index contributed by atoms with van der Waals surface area (Å²) in [5, 5.41) is 0. The van der Waals surface area contributed by atoms with Crippen molar-refractivity contribution in [3.05, 3.63) is 58.7 Å². The molecule has 0 fully saturated rings. The Morgan fingerprint density at radius 1 is 0.733 bits per heavy atom. The van der Waals surface area contributed by atoms with Crippen LogP contribution in [0.4, 0.5) is 0 Å². The third-order valence-corrected chi connectivity index (χ3v) is 6.04. The van der Waals surface area contributed by atoms with Gasteiger partial charge in [0, 0.05) is 25.3 Å². The van der Waals surface area contributed by atoms with Crippen molar-refractivity contribution >= 4 is 0 Å². The van der Waals surface area contributed by atoms with E-state index in [1.165, 1.54) is 5.56 Å². The molecule has 0 aromatic heterocycles. The molecule has 30 heavy (non-hydrogen) atoms. The normalized spacial score (nSPS) is 12.1. The molecule has 0 unspecified atom stereocenters. The monoisotopic (exact) mass is 414 g/mol. The lowest BCUT2D eigenvalue weighted by Crippen LogP contribution is -2.33. The number of methoxy groups -OCH3 is 2. The maximum Gasteiger partial charge on any atom is 0.130 e. The van der Waals surface area contributed by atoms with E-state index in [1.54, 1.807) is 14.2 Å². The summed E-state index contributed by atoms with van der Waals surface area (Å²) in [6.07, 6.45) is 0. The molecule has 0 aliphatic rings. The Labute approximate surface area is 182 Å². The molecule has 0 saturated heterocycles. The standard InChI is InChI=1S/C26H38O4/c1-19-15-20(17-27-7)24(21(16-19)18-28-8)30-14-13-29-23-11-9-22(10-12-23)26(5,6)25(2,3)4/h9-12,15-16H,13-14,17-18H2,1-8H3. The number of ether oxygens (including phenoxy) is 4. The van der Waals surface area contributed by atoms with Gasteiger partial charge in [-0.05, 0) is 35.4 Å². The molecule has 4 heteroatoms. The van der Waals surface area contributed by atoms with Gasteiger partial charge in [-0.1, -0.05) is 64.4 Å². The molecular formula is C26H38O4. The number of hydrogen-bond acceptors (Lipinski definition) is 4. The molecule has 4 nitrogen and oxygen atoms in total. The van der Waals surface area contributed by atoms with Crippen LogP contribution in [0.2, 0.25) is 0 Å². The highest BCUT2D eigenvalue weighted by Crippen LogP contribution is 2.41. The average molecular weight is 415 g/mol. The van der Waals surface area contributed by atoms with Gasteiger partial charge in [-0.3, -0.25) is 0 Å². The van der Waals surface area contributed by atoms with Gasteiger partial charge in [0.25, 0.3) is 0 Å². The maximum atomic E-state index is 6.09. The molecule has 0 bridgehead atoms. The van der Waals surface area contributed by atoms with Crippen molar-refractivity contribution < 1.29 is 18.9 Å². The lowest BCUT2D eigenvalue weighted by atomic mass is 9.65. The molecule has 2 aromatic rings. The van der Waals surface area contributed by atoms with Crippen LogP contribution in [0.25, 0.3) is 0 Å². The molecule has 0 radical (unpaired) electrons. The molecule has 2 rings (SSSR count). The Bertz CT molecular complexity index is 774. The van der Waals surface area contributed by atoms with E-state index in [1.807, 2.05) is 12.1 Å². The van der Waals surface area contributed by atoms with Gasteiger partial charge >= 0.3 is 0 Å². The predicted molar refractivity (Wildman–Crippen MR) is 123 cm³/mol. The SMILES string of the molecule is COCc1cc(C)cc(COC)c1OCCOc1ccc(C(C)(C)C(C)(C)C)cc1. The largest absolute Gasteiger partial charge is 0.490 e. The topological polar surface area (TPSA) is 36.9 Å². The smallest absolute Gasteiger partial charge is 0.130 e. The average Bonchev–Trinajstić information content (AvgIpc) is 2.66. The van der Waals surface area contributed by atoms with Gasteiger partial charge in [-0.15, -0.1) is 0 Å². The summed E-state index contributed by atoms with van der Waals surface area (Å²) in [6.45, 7) is 15.4. The van der Waals surface area contributed by atoms with Gasteiger partial charge in [-0.25, -0.2) is 0 Å². The molecular weight excluding hydrogens is 376 g/mol. The molecule has 0 atom stereocenters. The van der Waals surface area contributed by atoms with Gasteiger partial charge < -0.3 is 18.9 Å². The first-order valence-corrected chi connectivity index (χ1v) is 10.6. The lowest BCUT2D eigenvalue weighted by molar-refractivity contribution is 0.164. The van der Waals surface area contributed by atoms with Crippen molar-refractivity contribution in [2.45, 2.75) is 60.2 Å². The zero-order valence-corrected chi connectivity index (χ0v) is 19.9. The van der Waals surface area contributed by atoms with E-state index in [0.717, 1.165) is 28.2 Å². The first-order chi connectivity index (χ1) is 14.1. The second kappa shape index (κ2) is 10.3. The highest BCUT2D eigenvalue weighted by atomic mass is 16.5. The molecule has 0 N–H and O–H groups in total. The summed E-state index contributed by atoms with van der Waals surface area (Å²) in [5.74, 6) is 1.68. The maximum absolute atomic E-state index is 6.09. The zero-order valence-electron chi connectivity index (χ0n) is 19.9. The molecule has 0 saturated carbocycles. The van der Waals surface area contributed by atoms with Crippen LogP contribution in [0.15, 0.2) is 36.4 Å². The minimum absolute atomic E-state index is 0.0789. The van der Waals surface area contributed by atoms with Crippen LogP contribution in [0.3, 0.4) is 0 Å². The van der Waals surface area contributed by atoms with Crippen LogP contribution in [-0.4, -0.2) is 27.4 Å². The van der Waals surface area contributed by atoms with Gasteiger partial charge in [0.15, 0.2) is 0 Å². The second-order valence-corrected chi connectivity index (χ2v) is 9.37. The van der Waals surface area contributed by atoms with Gasteiger partial charge in [0.1, 0.15) is 24.7 Å². The van der Waals surface area contributed by atoms with Crippen LogP contribution in [0.5, 0.6) is 11.5 Å². The van der Waals surface area contributed by atoms with Crippen molar-refractivity contribution in [2.24, 2.45) is 5.41 Å². The summed E-state index contributed by atoms with van der Waals surface area (Å²) in [4.78, 5) is 0. The molecule has 0 amide bonds. The summed E-state index contributed by atoms with van der Waals surface area (Å²) in [6, 6.07) is 12.6. The molecule has 166 valence electrons. The van der Waals surface area contributed by atoms with Gasteiger partial charge in [0.2, 0.25) is 0 Å². The molecule has 2 aromatic carbocycles. The quantitative estimate of drug-likeness (QED) is 0.442. The van der Waals surface area contributed by atoms with Crippen LogP contribution in [0, 0.1) is 12.3 Å². The fraction of sp³-hybridized carbons (Fsp3) is 0.538. The van der Waals surface area contributed by atoms with E-state index in [4.69, 9.17) is 18.9 Å². The van der Waals surface area contributed by atoms with Crippen LogP contribution in [0.1, 0.15) is 56.9 Å². The zero-order chi connectivity index (χ0) is 22.4. The van der Waals surface area contributed by atoms with Gasteiger partial charge in [0.05, 0.1) is 13.2 Å². The Morgan fingerprint density at radius 2 is 1.23 bits per heavy atom. The van der Waals surface area contributed by atoms with Crippen LogP contribution < -0.4 is 9.47 Å². The molecule has 0 aliphatic carbocycles. The van der Waals surface area contributed by atoms with Crippen LogP contribution in [-0.2, 0) is 28.1 Å². The fourth-order valence-corrected chi connectivity index (χ4v) is 3.34. The van der Waals surface area contributed by atoms with Crippen molar-refractivity contribution in [2.75, 3.05) is 27.4 Å². The number of rotatable bonds is 10. The molecule has 0 heterocycles. The van der Waals surface area contributed by atoms with E-state index < -0.39 is 0 Å². The van der Waals surface area contributed by atoms with E-state index in [-0.39, 0.29) is 10.8 Å². The fourth-order valence-electron chi connectivity index (χ4n) is 3.34. The predicted octanol–water partition coefficient (Wildman–Crippen LogP) is 6.07. The van der Waals surface area contributed by atoms with Gasteiger partial charge in [-0.2, -0.15) is 0 Å². The van der Waals surface area contributed by atoms with E-state index in [2.05, 4.69) is 65.8 Å². The minimum Gasteiger partial charge on any atom is -0.490 e. The second-order valence-electron chi connectivity index (χ2n) is 9.37. The first-order valence-electron chi connectivity index (χ1n) is 10.6. The summed E-state index contributed by atoms with van der Waals surface area (Å²) in [5.41, 5.74) is 4.78. The molecule has 0 aliphatic heterocycles. The third-order valence-electron chi connectivity index (χ3n) is 6.04. The lowest BCUT2D eigenvalue weighted by Gasteiger charge is -2.39. The Morgan fingerprint density at radius 3 is 1.70 bits per heavy atom. The Hall–Kier alpha value is -2.04. The highest BCUT2D eigenvalue weighted by molar-refractivity contribution is 5.44.